The fourth-order valence-electron chi connectivity index (χ4n) is 2.19. The summed E-state index contributed by atoms with van der Waals surface area (Å²) in [5, 5.41) is 0. The molecule has 1 aromatic rings. The van der Waals surface area contributed by atoms with Crippen LogP contribution >= 0.6 is 0 Å². The summed E-state index contributed by atoms with van der Waals surface area (Å²) in [7, 11) is 0. The van der Waals surface area contributed by atoms with Crippen LogP contribution in [0.4, 0.5) is 5.95 Å². The number of anilines is 1. The van der Waals surface area contributed by atoms with Gasteiger partial charge in [-0.1, -0.05) is 26.7 Å². The van der Waals surface area contributed by atoms with Gasteiger partial charge in [0.2, 0.25) is 5.95 Å². The molecule has 2 heterocycles. The topological polar surface area (TPSA) is 49.0 Å². The van der Waals surface area contributed by atoms with E-state index >= 15 is 0 Å². The molecule has 0 aromatic carbocycles. The van der Waals surface area contributed by atoms with Crippen molar-refractivity contribution in [2.75, 3.05) is 18.0 Å². The summed E-state index contributed by atoms with van der Waals surface area (Å²) in [4.78, 5) is 21.3. The normalized spacial score (nSPS) is 17.2. The van der Waals surface area contributed by atoms with E-state index in [2.05, 4.69) is 28.7 Å². The molecule has 1 saturated heterocycles. The Bertz CT molecular complexity index is 417. The van der Waals surface area contributed by atoms with Crippen molar-refractivity contribution in [3.63, 3.8) is 0 Å². The maximum atomic E-state index is 11.6. The van der Waals surface area contributed by atoms with Gasteiger partial charge in [-0.05, 0) is 18.8 Å². The zero-order valence-corrected chi connectivity index (χ0v) is 10.7. The van der Waals surface area contributed by atoms with Gasteiger partial charge in [-0.3, -0.25) is 9.78 Å². The minimum Gasteiger partial charge on any atom is -0.342 e. The molecular formula is C13H21N3O. The fourth-order valence-corrected chi connectivity index (χ4v) is 2.19. The number of H-pyrrole nitrogens is 1. The maximum absolute atomic E-state index is 11.6. The average Bonchev–Trinajstić information content (AvgIpc) is 2.56. The van der Waals surface area contributed by atoms with Crippen molar-refractivity contribution in [3.8, 4) is 0 Å². The molecular weight excluding hydrogens is 214 g/mol. The summed E-state index contributed by atoms with van der Waals surface area (Å²) in [5.74, 6) is 1.05. The number of hydrogen-bond donors (Lipinski definition) is 1. The number of aromatic amines is 1. The van der Waals surface area contributed by atoms with Crippen molar-refractivity contribution in [2.45, 2.75) is 45.4 Å². The fraction of sp³-hybridized carbons (Fsp3) is 0.692. The van der Waals surface area contributed by atoms with Gasteiger partial charge >= 0.3 is 0 Å². The van der Waals surface area contributed by atoms with E-state index in [0.29, 0.717) is 5.92 Å². The van der Waals surface area contributed by atoms with Crippen molar-refractivity contribution in [1.82, 2.24) is 9.97 Å². The summed E-state index contributed by atoms with van der Waals surface area (Å²) in [5.41, 5.74) is 0.843. The molecule has 0 bridgehead atoms. The Labute approximate surface area is 102 Å². The monoisotopic (exact) mass is 235 g/mol. The quantitative estimate of drug-likeness (QED) is 0.855. The third-order valence-corrected chi connectivity index (χ3v) is 3.25. The van der Waals surface area contributed by atoms with Gasteiger partial charge in [0.15, 0.2) is 0 Å². The number of aromatic nitrogens is 2. The molecule has 0 spiro atoms. The van der Waals surface area contributed by atoms with Crippen LogP contribution in [0.15, 0.2) is 10.9 Å². The highest BCUT2D eigenvalue weighted by Gasteiger charge is 2.13. The van der Waals surface area contributed by atoms with Gasteiger partial charge in [-0.2, -0.15) is 0 Å². The Morgan fingerprint density at radius 3 is 2.47 bits per heavy atom. The highest BCUT2D eigenvalue weighted by atomic mass is 16.1. The Morgan fingerprint density at radius 1 is 1.24 bits per heavy atom. The van der Waals surface area contributed by atoms with E-state index in [1.807, 2.05) is 0 Å². The van der Waals surface area contributed by atoms with Gasteiger partial charge < -0.3 is 4.90 Å². The van der Waals surface area contributed by atoms with E-state index < -0.39 is 0 Å². The Balaban J connectivity index is 2.27. The second-order valence-electron chi connectivity index (χ2n) is 5.05. The minimum atomic E-state index is -0.0389. The summed E-state index contributed by atoms with van der Waals surface area (Å²) in [6.45, 7) is 6.14. The molecule has 1 N–H and O–H groups in total. The molecule has 1 fully saturated rings. The molecule has 1 aliphatic heterocycles. The predicted octanol–water partition coefficient (Wildman–Crippen LogP) is 2.27. The van der Waals surface area contributed by atoms with E-state index in [0.717, 1.165) is 24.7 Å². The van der Waals surface area contributed by atoms with Crippen LogP contribution in [0.2, 0.25) is 0 Å². The molecule has 17 heavy (non-hydrogen) atoms. The van der Waals surface area contributed by atoms with Gasteiger partial charge in [-0.15, -0.1) is 0 Å². The molecule has 2 rings (SSSR count). The van der Waals surface area contributed by atoms with E-state index in [-0.39, 0.29) is 5.56 Å². The SMILES string of the molecule is CC(C)c1cc(=O)[nH]c(N2CCCCCC2)n1. The van der Waals surface area contributed by atoms with Gasteiger partial charge in [0.25, 0.3) is 5.56 Å². The Morgan fingerprint density at radius 2 is 1.88 bits per heavy atom. The van der Waals surface area contributed by atoms with E-state index in [9.17, 15) is 4.79 Å². The number of nitrogens with one attached hydrogen (secondary N) is 1. The summed E-state index contributed by atoms with van der Waals surface area (Å²) >= 11 is 0. The van der Waals surface area contributed by atoms with Crippen LogP contribution in [0.5, 0.6) is 0 Å². The van der Waals surface area contributed by atoms with Crippen molar-refractivity contribution in [3.05, 3.63) is 22.1 Å². The molecule has 4 heteroatoms. The third-order valence-electron chi connectivity index (χ3n) is 3.25. The lowest BCUT2D eigenvalue weighted by molar-refractivity contribution is 0.726. The van der Waals surface area contributed by atoms with Gasteiger partial charge in [-0.25, -0.2) is 4.98 Å². The lowest BCUT2D eigenvalue weighted by Crippen LogP contribution is -2.28. The van der Waals surface area contributed by atoms with Crippen molar-refractivity contribution in [2.24, 2.45) is 0 Å². The van der Waals surface area contributed by atoms with Crippen LogP contribution in [-0.2, 0) is 0 Å². The Kier molecular flexibility index (Phi) is 3.82. The van der Waals surface area contributed by atoms with Crippen molar-refractivity contribution < 1.29 is 0 Å². The molecule has 0 aliphatic carbocycles. The van der Waals surface area contributed by atoms with Crippen molar-refractivity contribution >= 4 is 5.95 Å². The molecule has 0 saturated carbocycles. The highest BCUT2D eigenvalue weighted by Crippen LogP contribution is 2.16. The van der Waals surface area contributed by atoms with Crippen LogP contribution in [0, 0.1) is 0 Å². The molecule has 0 amide bonds. The minimum absolute atomic E-state index is 0.0389. The van der Waals surface area contributed by atoms with Gasteiger partial charge in [0, 0.05) is 19.2 Å². The molecule has 0 atom stereocenters. The first-order valence-corrected chi connectivity index (χ1v) is 6.53. The number of rotatable bonds is 2. The zero-order valence-electron chi connectivity index (χ0n) is 10.7. The molecule has 0 unspecified atom stereocenters. The molecule has 4 nitrogen and oxygen atoms in total. The first kappa shape index (κ1) is 12.1. The van der Waals surface area contributed by atoms with Crippen molar-refractivity contribution in [1.29, 1.82) is 0 Å². The lowest BCUT2D eigenvalue weighted by atomic mass is 10.1. The number of nitrogens with zero attached hydrogens (tertiary/aromatic N) is 2. The second kappa shape index (κ2) is 5.34. The van der Waals surface area contributed by atoms with Crippen LogP contribution in [0.1, 0.15) is 51.1 Å². The predicted molar refractivity (Wildman–Crippen MR) is 69.6 cm³/mol. The molecule has 1 aliphatic rings. The summed E-state index contributed by atoms with van der Waals surface area (Å²) < 4.78 is 0. The number of hydrogen-bond acceptors (Lipinski definition) is 3. The second-order valence-corrected chi connectivity index (χ2v) is 5.05. The summed E-state index contributed by atoms with van der Waals surface area (Å²) in [6, 6.07) is 1.60. The third kappa shape index (κ3) is 3.08. The molecule has 1 aromatic heterocycles. The first-order chi connectivity index (χ1) is 8.16. The smallest absolute Gasteiger partial charge is 0.252 e. The van der Waals surface area contributed by atoms with Gasteiger partial charge in [0.05, 0.1) is 5.69 Å². The Hall–Kier alpha value is -1.32. The highest BCUT2D eigenvalue weighted by molar-refractivity contribution is 5.31. The van der Waals surface area contributed by atoms with E-state index in [4.69, 9.17) is 0 Å². The van der Waals surface area contributed by atoms with Crippen LogP contribution in [0.3, 0.4) is 0 Å². The first-order valence-electron chi connectivity index (χ1n) is 6.53. The maximum Gasteiger partial charge on any atom is 0.252 e. The van der Waals surface area contributed by atoms with Crippen LogP contribution in [-0.4, -0.2) is 23.1 Å². The van der Waals surface area contributed by atoms with Crippen LogP contribution < -0.4 is 10.5 Å². The van der Waals surface area contributed by atoms with E-state index in [1.54, 1.807) is 6.07 Å². The standard InChI is InChI=1S/C13H21N3O/c1-10(2)11-9-12(17)15-13(14-11)16-7-5-3-4-6-8-16/h9-10H,3-8H2,1-2H3,(H,14,15,17). The zero-order chi connectivity index (χ0) is 12.3. The average molecular weight is 235 g/mol. The van der Waals surface area contributed by atoms with Crippen LogP contribution in [0.25, 0.3) is 0 Å². The lowest BCUT2D eigenvalue weighted by Gasteiger charge is -2.21. The van der Waals surface area contributed by atoms with Gasteiger partial charge in [0.1, 0.15) is 0 Å². The largest absolute Gasteiger partial charge is 0.342 e. The summed E-state index contributed by atoms with van der Waals surface area (Å²) in [6.07, 6.45) is 4.94. The van der Waals surface area contributed by atoms with E-state index in [1.165, 1.54) is 25.7 Å². The molecule has 0 radical (unpaired) electrons. The molecule has 94 valence electrons.